The molecule has 94 valence electrons. The number of hydrogen-bond donors (Lipinski definition) is 1. The van der Waals surface area contributed by atoms with E-state index in [1.807, 2.05) is 4.90 Å². The summed E-state index contributed by atoms with van der Waals surface area (Å²) in [7, 11) is 1.70. The van der Waals surface area contributed by atoms with Crippen LogP contribution in [0.3, 0.4) is 0 Å². The Morgan fingerprint density at radius 2 is 2.59 bits per heavy atom. The van der Waals surface area contributed by atoms with Crippen molar-refractivity contribution in [3.8, 4) is 0 Å². The number of nitrogens with two attached hydrogens (primary N) is 1. The molecule has 0 spiro atoms. The van der Waals surface area contributed by atoms with Crippen molar-refractivity contribution in [1.82, 2.24) is 9.88 Å². The Morgan fingerprint density at radius 1 is 1.76 bits per heavy atom. The molecule has 5 nitrogen and oxygen atoms in total. The number of carbonyl (C=O) groups is 1. The van der Waals surface area contributed by atoms with E-state index in [1.165, 1.54) is 11.3 Å². The molecule has 0 aliphatic carbocycles. The lowest BCUT2D eigenvalue weighted by atomic mass is 9.99. The Hall–Kier alpha value is -1.14. The molecule has 2 rings (SSSR count). The van der Waals surface area contributed by atoms with Crippen molar-refractivity contribution in [2.24, 2.45) is 5.92 Å². The van der Waals surface area contributed by atoms with Gasteiger partial charge in [-0.05, 0) is 18.8 Å². The fraction of sp³-hybridized carbons (Fsp3) is 0.636. The molecule has 1 amide bonds. The first-order valence-corrected chi connectivity index (χ1v) is 6.58. The van der Waals surface area contributed by atoms with Gasteiger partial charge in [-0.1, -0.05) is 0 Å². The van der Waals surface area contributed by atoms with Crippen LogP contribution in [0.5, 0.6) is 0 Å². The summed E-state index contributed by atoms with van der Waals surface area (Å²) in [6.45, 7) is 2.27. The van der Waals surface area contributed by atoms with Crippen LogP contribution in [0.25, 0.3) is 0 Å². The van der Waals surface area contributed by atoms with Crippen molar-refractivity contribution >= 4 is 22.4 Å². The van der Waals surface area contributed by atoms with E-state index in [2.05, 4.69) is 4.98 Å². The summed E-state index contributed by atoms with van der Waals surface area (Å²) in [4.78, 5) is 18.0. The van der Waals surface area contributed by atoms with Gasteiger partial charge in [0, 0.05) is 25.6 Å². The molecule has 0 aromatic carbocycles. The molecule has 0 bridgehead atoms. The van der Waals surface area contributed by atoms with Crippen molar-refractivity contribution < 1.29 is 9.53 Å². The molecule has 1 saturated heterocycles. The average molecular weight is 255 g/mol. The highest BCUT2D eigenvalue weighted by molar-refractivity contribution is 7.13. The van der Waals surface area contributed by atoms with Gasteiger partial charge in [-0.2, -0.15) is 0 Å². The quantitative estimate of drug-likeness (QED) is 0.882. The number of ether oxygens (including phenoxy) is 1. The van der Waals surface area contributed by atoms with Gasteiger partial charge in [-0.15, -0.1) is 11.3 Å². The molecule has 17 heavy (non-hydrogen) atoms. The van der Waals surface area contributed by atoms with E-state index in [1.54, 1.807) is 12.5 Å². The molecule has 2 heterocycles. The fourth-order valence-corrected chi connectivity index (χ4v) is 2.71. The topological polar surface area (TPSA) is 68.5 Å². The fourth-order valence-electron chi connectivity index (χ4n) is 2.17. The molecular formula is C11H17N3O2S. The number of rotatable bonds is 3. The van der Waals surface area contributed by atoms with Crippen LogP contribution in [0.4, 0.5) is 5.13 Å². The largest absolute Gasteiger partial charge is 0.384 e. The van der Waals surface area contributed by atoms with Gasteiger partial charge < -0.3 is 15.4 Å². The highest BCUT2D eigenvalue weighted by atomic mass is 32.1. The van der Waals surface area contributed by atoms with Gasteiger partial charge in [0.05, 0.1) is 6.61 Å². The summed E-state index contributed by atoms with van der Waals surface area (Å²) >= 11 is 1.30. The second kappa shape index (κ2) is 5.46. The lowest BCUT2D eigenvalue weighted by molar-refractivity contribution is 0.0566. The van der Waals surface area contributed by atoms with Crippen LogP contribution in [-0.4, -0.2) is 42.6 Å². The van der Waals surface area contributed by atoms with Crippen molar-refractivity contribution in [1.29, 1.82) is 0 Å². The van der Waals surface area contributed by atoms with E-state index in [9.17, 15) is 4.79 Å². The minimum Gasteiger partial charge on any atom is -0.384 e. The first-order valence-electron chi connectivity index (χ1n) is 5.70. The van der Waals surface area contributed by atoms with Gasteiger partial charge >= 0.3 is 0 Å². The number of hydrogen-bond acceptors (Lipinski definition) is 5. The van der Waals surface area contributed by atoms with Gasteiger partial charge in [0.25, 0.3) is 5.91 Å². The van der Waals surface area contributed by atoms with E-state index in [4.69, 9.17) is 10.5 Å². The van der Waals surface area contributed by atoms with Gasteiger partial charge in [0.1, 0.15) is 5.69 Å². The van der Waals surface area contributed by atoms with Crippen LogP contribution < -0.4 is 5.73 Å². The summed E-state index contributed by atoms with van der Waals surface area (Å²) in [6.07, 6.45) is 2.15. The number of piperidine rings is 1. The first-order chi connectivity index (χ1) is 8.20. The van der Waals surface area contributed by atoms with E-state index in [0.717, 1.165) is 25.9 Å². The number of carbonyl (C=O) groups excluding carboxylic acids is 1. The van der Waals surface area contributed by atoms with Gasteiger partial charge in [-0.3, -0.25) is 4.79 Å². The SMILES string of the molecule is COCC1CCCN(C(=O)c2csc(N)n2)C1. The third-order valence-corrected chi connectivity index (χ3v) is 3.62. The highest BCUT2D eigenvalue weighted by Crippen LogP contribution is 2.20. The van der Waals surface area contributed by atoms with Crippen molar-refractivity contribution in [3.05, 3.63) is 11.1 Å². The number of aromatic nitrogens is 1. The Morgan fingerprint density at radius 3 is 3.24 bits per heavy atom. The van der Waals surface area contributed by atoms with Crippen LogP contribution in [0.15, 0.2) is 5.38 Å². The molecule has 1 aliphatic rings. The minimum absolute atomic E-state index is 0.0150. The molecule has 1 aromatic rings. The number of nitrogen functional groups attached to an aromatic ring is 1. The zero-order chi connectivity index (χ0) is 12.3. The molecule has 1 unspecified atom stereocenters. The van der Waals surface area contributed by atoms with Crippen LogP contribution in [0.2, 0.25) is 0 Å². The molecule has 2 N–H and O–H groups in total. The monoisotopic (exact) mass is 255 g/mol. The predicted octanol–water partition coefficient (Wildman–Crippen LogP) is 1.22. The summed E-state index contributed by atoms with van der Waals surface area (Å²) in [5.41, 5.74) is 6.00. The van der Waals surface area contributed by atoms with E-state index in [0.29, 0.717) is 23.4 Å². The third-order valence-electron chi connectivity index (χ3n) is 2.95. The molecule has 1 atom stereocenters. The summed E-state index contributed by atoms with van der Waals surface area (Å²) in [5, 5.41) is 2.16. The molecule has 1 fully saturated rings. The highest BCUT2D eigenvalue weighted by Gasteiger charge is 2.25. The van der Waals surface area contributed by atoms with Crippen molar-refractivity contribution in [2.75, 3.05) is 32.5 Å². The molecule has 0 saturated carbocycles. The maximum Gasteiger partial charge on any atom is 0.273 e. The van der Waals surface area contributed by atoms with Gasteiger partial charge in [0.2, 0.25) is 0 Å². The lowest BCUT2D eigenvalue weighted by Gasteiger charge is -2.31. The summed E-state index contributed by atoms with van der Waals surface area (Å²) < 4.78 is 5.15. The smallest absolute Gasteiger partial charge is 0.273 e. The standard InChI is InChI=1S/C11H17N3O2S/c1-16-6-8-3-2-4-14(5-8)10(15)9-7-17-11(12)13-9/h7-8H,2-6H2,1H3,(H2,12,13). The Labute approximate surface area is 105 Å². The number of thiazole rings is 1. The lowest BCUT2D eigenvalue weighted by Crippen LogP contribution is -2.41. The van der Waals surface area contributed by atoms with Gasteiger partial charge in [-0.25, -0.2) is 4.98 Å². The summed E-state index contributed by atoms with van der Waals surface area (Å²) in [5.74, 6) is 0.424. The maximum absolute atomic E-state index is 12.1. The number of likely N-dealkylation sites (tertiary alicyclic amines) is 1. The zero-order valence-electron chi connectivity index (χ0n) is 9.89. The molecule has 6 heteroatoms. The average Bonchev–Trinajstić information content (AvgIpc) is 2.76. The Balaban J connectivity index is 1.99. The van der Waals surface area contributed by atoms with E-state index < -0.39 is 0 Å². The van der Waals surface area contributed by atoms with Crippen LogP contribution >= 0.6 is 11.3 Å². The zero-order valence-corrected chi connectivity index (χ0v) is 10.7. The first kappa shape index (κ1) is 12.3. The number of methoxy groups -OCH3 is 1. The second-order valence-electron chi connectivity index (χ2n) is 4.29. The third kappa shape index (κ3) is 2.95. The Bertz CT molecular complexity index is 392. The molecule has 1 aromatic heterocycles. The summed E-state index contributed by atoms with van der Waals surface area (Å²) in [6, 6.07) is 0. The van der Waals surface area contributed by atoms with Gasteiger partial charge in [0.15, 0.2) is 5.13 Å². The predicted molar refractivity (Wildman–Crippen MR) is 67.0 cm³/mol. The van der Waals surface area contributed by atoms with Crippen molar-refractivity contribution in [3.63, 3.8) is 0 Å². The normalized spacial score (nSPS) is 20.5. The number of nitrogens with zero attached hydrogens (tertiary/aromatic N) is 2. The number of amides is 1. The second-order valence-corrected chi connectivity index (χ2v) is 5.18. The van der Waals surface area contributed by atoms with E-state index >= 15 is 0 Å². The van der Waals surface area contributed by atoms with Crippen LogP contribution in [0.1, 0.15) is 23.3 Å². The maximum atomic E-state index is 12.1. The van der Waals surface area contributed by atoms with E-state index in [-0.39, 0.29) is 5.91 Å². The molecule has 0 radical (unpaired) electrons. The van der Waals surface area contributed by atoms with Crippen LogP contribution in [-0.2, 0) is 4.74 Å². The minimum atomic E-state index is -0.0150. The number of anilines is 1. The van der Waals surface area contributed by atoms with Crippen molar-refractivity contribution in [2.45, 2.75) is 12.8 Å². The molecule has 1 aliphatic heterocycles. The Kier molecular flexibility index (Phi) is 3.96. The molecular weight excluding hydrogens is 238 g/mol. The van der Waals surface area contributed by atoms with Crippen LogP contribution in [0, 0.1) is 5.92 Å².